The lowest BCUT2D eigenvalue weighted by atomic mass is 10.0. The number of carbonyl (C=O) groups excluding carboxylic acids is 1. The molecule has 3 rings (SSSR count). The van der Waals surface area contributed by atoms with E-state index in [1.807, 2.05) is 24.3 Å². The molecule has 1 fully saturated rings. The maximum Gasteiger partial charge on any atom is 0.295 e. The van der Waals surface area contributed by atoms with E-state index in [-0.39, 0.29) is 24.3 Å². The Balaban J connectivity index is 1.90. The van der Waals surface area contributed by atoms with Crippen molar-refractivity contribution in [3.05, 3.63) is 41.5 Å². The van der Waals surface area contributed by atoms with Gasteiger partial charge in [-0.05, 0) is 24.1 Å². The zero-order valence-corrected chi connectivity index (χ0v) is 12.4. The van der Waals surface area contributed by atoms with Gasteiger partial charge in [0.1, 0.15) is 5.75 Å². The van der Waals surface area contributed by atoms with Gasteiger partial charge in [0.2, 0.25) is 5.89 Å². The molecule has 1 aliphatic heterocycles. The van der Waals surface area contributed by atoms with Crippen LogP contribution < -0.4 is 4.74 Å². The summed E-state index contributed by atoms with van der Waals surface area (Å²) < 4.78 is 10.1. The Bertz CT molecular complexity index is 685. The number of aliphatic hydroxyl groups is 1. The van der Waals surface area contributed by atoms with Crippen LogP contribution in [0, 0.1) is 6.92 Å². The Morgan fingerprint density at radius 2 is 2.32 bits per heavy atom. The fourth-order valence-electron chi connectivity index (χ4n) is 2.72. The average Bonchev–Trinajstić information content (AvgIpc) is 3.12. The number of rotatable bonds is 3. The van der Waals surface area contributed by atoms with Crippen molar-refractivity contribution in [1.29, 1.82) is 0 Å². The number of aryl methyl sites for hydroxylation is 1. The van der Waals surface area contributed by atoms with E-state index in [0.29, 0.717) is 18.1 Å². The van der Waals surface area contributed by atoms with Crippen molar-refractivity contribution in [1.82, 2.24) is 15.0 Å². The summed E-state index contributed by atoms with van der Waals surface area (Å²) >= 11 is 0. The van der Waals surface area contributed by atoms with Crippen LogP contribution in [0.1, 0.15) is 34.5 Å². The van der Waals surface area contributed by atoms with E-state index in [9.17, 15) is 9.90 Å². The van der Waals surface area contributed by atoms with Gasteiger partial charge in [0, 0.05) is 13.5 Å². The fraction of sp³-hybridized carbons (Fsp3) is 0.400. The number of hydrogen-bond acceptors (Lipinski definition) is 6. The molecular weight excluding hydrogens is 286 g/mol. The van der Waals surface area contributed by atoms with E-state index < -0.39 is 6.10 Å². The second-order valence-corrected chi connectivity index (χ2v) is 5.28. The number of aliphatic hydroxyl groups excluding tert-OH is 1. The lowest BCUT2D eigenvalue weighted by Crippen LogP contribution is -2.32. The molecule has 1 N–H and O–H groups in total. The van der Waals surface area contributed by atoms with Crippen molar-refractivity contribution < 1.29 is 19.2 Å². The van der Waals surface area contributed by atoms with Gasteiger partial charge in [0.25, 0.3) is 11.7 Å². The van der Waals surface area contributed by atoms with Crippen LogP contribution in [0.2, 0.25) is 0 Å². The fourth-order valence-corrected chi connectivity index (χ4v) is 2.72. The van der Waals surface area contributed by atoms with Crippen LogP contribution in [0.5, 0.6) is 5.75 Å². The van der Waals surface area contributed by atoms with Crippen LogP contribution in [-0.2, 0) is 0 Å². The summed E-state index contributed by atoms with van der Waals surface area (Å²) in [6.45, 7) is 1.87. The molecule has 0 spiro atoms. The number of ether oxygens (including phenoxy) is 1. The molecule has 7 nitrogen and oxygen atoms in total. The number of nitrogens with zero attached hydrogens (tertiary/aromatic N) is 3. The first-order chi connectivity index (χ1) is 10.6. The van der Waals surface area contributed by atoms with Crippen LogP contribution >= 0.6 is 0 Å². The number of hydrogen-bond donors (Lipinski definition) is 1. The summed E-state index contributed by atoms with van der Waals surface area (Å²) in [5.41, 5.74) is 0.907. The minimum Gasteiger partial charge on any atom is -0.497 e. The highest BCUT2D eigenvalue weighted by atomic mass is 16.5. The smallest absolute Gasteiger partial charge is 0.295 e. The molecule has 1 aliphatic rings. The number of aromatic nitrogens is 2. The maximum atomic E-state index is 12.5. The first-order valence-electron chi connectivity index (χ1n) is 7.02. The molecule has 0 unspecified atom stereocenters. The number of benzene rings is 1. The van der Waals surface area contributed by atoms with Gasteiger partial charge in [-0.15, -0.1) is 0 Å². The highest BCUT2D eigenvalue weighted by Crippen LogP contribution is 2.34. The number of methoxy groups -OCH3 is 1. The number of likely N-dealkylation sites (tertiary alicyclic amines) is 1. The zero-order valence-electron chi connectivity index (χ0n) is 12.4. The molecule has 0 aliphatic carbocycles. The number of β-amino-alcohol motifs (C(OH)–C–C–N with tert-alkyl or cyclic N) is 1. The lowest BCUT2D eigenvalue weighted by molar-refractivity contribution is 0.0700. The molecule has 116 valence electrons. The largest absolute Gasteiger partial charge is 0.497 e. The summed E-state index contributed by atoms with van der Waals surface area (Å²) in [7, 11) is 1.59. The van der Waals surface area contributed by atoms with E-state index in [2.05, 4.69) is 10.1 Å². The van der Waals surface area contributed by atoms with Crippen LogP contribution in [0.3, 0.4) is 0 Å². The minimum atomic E-state index is -0.576. The van der Waals surface area contributed by atoms with E-state index in [0.717, 1.165) is 5.56 Å². The van der Waals surface area contributed by atoms with Gasteiger partial charge in [0.15, 0.2) is 0 Å². The molecule has 2 aromatic rings. The van der Waals surface area contributed by atoms with Crippen LogP contribution in [0.4, 0.5) is 0 Å². The van der Waals surface area contributed by atoms with Gasteiger partial charge < -0.3 is 19.3 Å². The van der Waals surface area contributed by atoms with Crippen molar-refractivity contribution in [2.24, 2.45) is 0 Å². The standard InChI is InChI=1S/C15H17N3O4/c1-9-16-14(17-22-9)15(20)18-8-11(19)7-13(18)10-4-3-5-12(6-10)21-2/h3-6,11,13,19H,7-8H2,1-2H3/t11-,13+/m1/s1. The Morgan fingerprint density at radius 3 is 3.00 bits per heavy atom. The van der Waals surface area contributed by atoms with Crippen LogP contribution in [-0.4, -0.2) is 45.8 Å². The molecule has 2 atom stereocenters. The summed E-state index contributed by atoms with van der Waals surface area (Å²) in [4.78, 5) is 18.1. The van der Waals surface area contributed by atoms with Crippen molar-refractivity contribution in [3.8, 4) is 5.75 Å². The monoisotopic (exact) mass is 303 g/mol. The third kappa shape index (κ3) is 2.67. The maximum absolute atomic E-state index is 12.5. The Labute approximate surface area is 127 Å². The first kappa shape index (κ1) is 14.5. The number of amides is 1. The van der Waals surface area contributed by atoms with Gasteiger partial charge in [-0.2, -0.15) is 4.98 Å². The van der Waals surface area contributed by atoms with E-state index in [1.54, 1.807) is 18.9 Å². The van der Waals surface area contributed by atoms with Gasteiger partial charge in [0.05, 0.1) is 19.3 Å². The van der Waals surface area contributed by atoms with E-state index in [4.69, 9.17) is 9.26 Å². The summed E-state index contributed by atoms with van der Waals surface area (Å²) in [5, 5.41) is 13.6. The normalized spacial score (nSPS) is 21.1. The van der Waals surface area contributed by atoms with Gasteiger partial charge in [-0.1, -0.05) is 17.3 Å². The second-order valence-electron chi connectivity index (χ2n) is 5.28. The molecule has 0 saturated carbocycles. The molecular formula is C15H17N3O4. The Hall–Kier alpha value is -2.41. The Kier molecular flexibility index (Phi) is 3.81. The van der Waals surface area contributed by atoms with Crippen molar-refractivity contribution in [2.75, 3.05) is 13.7 Å². The molecule has 1 saturated heterocycles. The van der Waals surface area contributed by atoms with Gasteiger partial charge >= 0.3 is 0 Å². The molecule has 0 radical (unpaired) electrons. The van der Waals surface area contributed by atoms with Crippen LogP contribution in [0.25, 0.3) is 0 Å². The van der Waals surface area contributed by atoms with E-state index in [1.165, 1.54) is 0 Å². The highest BCUT2D eigenvalue weighted by molar-refractivity contribution is 5.90. The topological polar surface area (TPSA) is 88.7 Å². The van der Waals surface area contributed by atoms with Gasteiger partial charge in [-0.3, -0.25) is 4.79 Å². The zero-order chi connectivity index (χ0) is 15.7. The third-order valence-electron chi connectivity index (χ3n) is 3.74. The molecule has 22 heavy (non-hydrogen) atoms. The molecule has 2 heterocycles. The average molecular weight is 303 g/mol. The first-order valence-corrected chi connectivity index (χ1v) is 7.02. The highest BCUT2D eigenvalue weighted by Gasteiger charge is 2.37. The molecule has 1 amide bonds. The third-order valence-corrected chi connectivity index (χ3v) is 3.74. The Morgan fingerprint density at radius 1 is 1.50 bits per heavy atom. The van der Waals surface area contributed by atoms with Gasteiger partial charge in [-0.25, -0.2) is 0 Å². The van der Waals surface area contributed by atoms with Crippen molar-refractivity contribution in [2.45, 2.75) is 25.5 Å². The summed E-state index contributed by atoms with van der Waals surface area (Å²) in [5.74, 6) is 0.712. The molecule has 0 bridgehead atoms. The predicted molar refractivity (Wildman–Crippen MR) is 76.4 cm³/mol. The van der Waals surface area contributed by atoms with E-state index >= 15 is 0 Å². The van der Waals surface area contributed by atoms with Crippen molar-refractivity contribution >= 4 is 5.91 Å². The quantitative estimate of drug-likeness (QED) is 0.920. The second kappa shape index (κ2) is 5.76. The SMILES string of the molecule is COc1cccc([C@@H]2C[C@@H](O)CN2C(=O)c2noc(C)n2)c1. The molecule has 1 aromatic heterocycles. The summed E-state index contributed by atoms with van der Waals surface area (Å²) in [6, 6.07) is 7.23. The number of carbonyl (C=O) groups is 1. The minimum absolute atomic E-state index is 0.0134. The lowest BCUT2D eigenvalue weighted by Gasteiger charge is -2.23. The molecule has 7 heteroatoms. The van der Waals surface area contributed by atoms with Crippen molar-refractivity contribution in [3.63, 3.8) is 0 Å². The van der Waals surface area contributed by atoms with Crippen LogP contribution in [0.15, 0.2) is 28.8 Å². The predicted octanol–water partition coefficient (Wildman–Crippen LogP) is 1.33. The molecule has 1 aromatic carbocycles. The summed E-state index contributed by atoms with van der Waals surface area (Å²) in [6.07, 6.45) is -0.108.